The molecule has 2 fully saturated rings. The topological polar surface area (TPSA) is 175 Å². The summed E-state index contributed by atoms with van der Waals surface area (Å²) in [6.45, 7) is 4.42. The molecule has 14 nitrogen and oxygen atoms in total. The van der Waals surface area contributed by atoms with Crippen LogP contribution in [0.1, 0.15) is 62.7 Å². The third-order valence-corrected chi connectivity index (χ3v) is 10.2. The Hall–Kier alpha value is -6.70. The molecule has 4 atom stereocenters. The van der Waals surface area contributed by atoms with Crippen LogP contribution in [0.3, 0.4) is 0 Å². The van der Waals surface area contributed by atoms with Crippen LogP contribution in [0.5, 0.6) is 0 Å². The Morgan fingerprint density at radius 2 is 0.914 bits per heavy atom. The number of carbonyl (C=O) groups excluding carboxylic acids is 6. The number of nitrogens with zero attached hydrogens (tertiary/aromatic N) is 2. The molecule has 0 spiro atoms. The maximum Gasteiger partial charge on any atom is 0.408 e. The maximum absolute atomic E-state index is 13.8. The van der Waals surface area contributed by atoms with Crippen molar-refractivity contribution in [3.8, 4) is 11.1 Å². The molecular weight excluding hydrogens is 741 g/mol. The summed E-state index contributed by atoms with van der Waals surface area (Å²) in [6.07, 6.45) is 0.814. The monoisotopic (exact) mass is 788 g/mol. The molecule has 4 aromatic carbocycles. The Labute approximate surface area is 337 Å². The first-order valence-electron chi connectivity index (χ1n) is 19.6. The van der Waals surface area contributed by atoms with Gasteiger partial charge in [0.05, 0.1) is 13.2 Å². The lowest BCUT2D eigenvalue weighted by molar-refractivity contribution is -0.138. The van der Waals surface area contributed by atoms with Gasteiger partial charge in [-0.15, -0.1) is 0 Å². The van der Waals surface area contributed by atoms with Gasteiger partial charge in [-0.3, -0.25) is 19.2 Å². The number of likely N-dealkylation sites (tertiary alicyclic amines) is 2. The molecule has 0 radical (unpaired) electrons. The molecule has 2 aliphatic rings. The summed E-state index contributed by atoms with van der Waals surface area (Å²) in [5.41, 5.74) is 4.04. The van der Waals surface area contributed by atoms with Crippen LogP contribution in [-0.2, 0) is 28.7 Å². The number of rotatable bonds is 13. The molecule has 2 saturated heterocycles. The van der Waals surface area contributed by atoms with Gasteiger partial charge >= 0.3 is 12.2 Å². The Kier molecular flexibility index (Phi) is 13.7. The van der Waals surface area contributed by atoms with Gasteiger partial charge in [0.25, 0.3) is 11.8 Å². The SMILES string of the molecule is CCOC(=O)N[C@@H](C(=O)N1CCC[C@H]1C(=O)Nc1ccc(-c2ccc(NC(=O)[C@@H]3CCCN3C(=O)[C@H](NC(=O)OCC)c3ccccc3)cc2)cc1)c1ccccc1. The summed E-state index contributed by atoms with van der Waals surface area (Å²) < 4.78 is 10.1. The first kappa shape index (κ1) is 40.9. The van der Waals surface area contributed by atoms with E-state index in [4.69, 9.17) is 9.47 Å². The number of hydrogen-bond donors (Lipinski definition) is 4. The minimum Gasteiger partial charge on any atom is -0.450 e. The molecule has 2 heterocycles. The highest BCUT2D eigenvalue weighted by Crippen LogP contribution is 2.29. The van der Waals surface area contributed by atoms with Gasteiger partial charge in [-0.1, -0.05) is 84.9 Å². The highest BCUT2D eigenvalue weighted by molar-refractivity contribution is 6.00. The van der Waals surface area contributed by atoms with Crippen LogP contribution in [0.2, 0.25) is 0 Å². The quantitative estimate of drug-likeness (QED) is 0.124. The van der Waals surface area contributed by atoms with E-state index >= 15 is 0 Å². The predicted molar refractivity (Wildman–Crippen MR) is 217 cm³/mol. The minimum atomic E-state index is -1.01. The molecule has 6 amide bonds. The molecule has 58 heavy (non-hydrogen) atoms. The molecule has 0 unspecified atom stereocenters. The maximum atomic E-state index is 13.8. The van der Waals surface area contributed by atoms with Crippen molar-refractivity contribution < 1.29 is 38.2 Å². The lowest BCUT2D eigenvalue weighted by Gasteiger charge is -2.28. The van der Waals surface area contributed by atoms with E-state index in [1.807, 2.05) is 36.4 Å². The lowest BCUT2D eigenvalue weighted by Crippen LogP contribution is -2.48. The summed E-state index contributed by atoms with van der Waals surface area (Å²) in [5, 5.41) is 11.2. The molecule has 0 bridgehead atoms. The molecule has 302 valence electrons. The number of ether oxygens (including phenoxy) is 2. The Bertz CT molecular complexity index is 1910. The zero-order valence-electron chi connectivity index (χ0n) is 32.5. The van der Waals surface area contributed by atoms with Crippen molar-refractivity contribution >= 4 is 47.2 Å². The second kappa shape index (κ2) is 19.4. The fourth-order valence-electron chi connectivity index (χ4n) is 7.33. The molecule has 14 heteroatoms. The second-order valence-electron chi connectivity index (χ2n) is 13.9. The van der Waals surface area contributed by atoms with E-state index in [-0.39, 0.29) is 36.8 Å². The standard InChI is InChI=1S/C44H48N6O8/c1-3-57-43(55)47-37(31-13-7-5-8-14-31)41(53)49-27-11-17-35(49)39(51)45-33-23-19-29(20-24-33)30-21-25-34(26-22-30)46-40(52)36-18-12-28-50(36)42(54)38(48-44(56)58-4-2)32-15-9-6-10-16-32/h5-10,13-16,19-26,35-38H,3-4,11-12,17-18,27-28H2,1-2H3,(H,45,51)(H,46,52)(H,47,55)(H,48,56)/t35-,36-,37+,38+/m0/s1. The summed E-state index contributed by atoms with van der Waals surface area (Å²) in [6, 6.07) is 28.9. The Balaban J connectivity index is 1.06. The summed E-state index contributed by atoms with van der Waals surface area (Å²) >= 11 is 0. The predicted octanol–water partition coefficient (Wildman–Crippen LogP) is 6.19. The fourth-order valence-corrected chi connectivity index (χ4v) is 7.33. The summed E-state index contributed by atoms with van der Waals surface area (Å²) in [4.78, 5) is 82.3. The first-order chi connectivity index (χ1) is 28.2. The number of nitrogens with one attached hydrogen (secondary N) is 4. The van der Waals surface area contributed by atoms with Gasteiger partial charge in [0.15, 0.2) is 0 Å². The number of carbonyl (C=O) groups is 6. The fraction of sp³-hybridized carbons (Fsp3) is 0.318. The van der Waals surface area contributed by atoms with E-state index in [9.17, 15) is 28.8 Å². The van der Waals surface area contributed by atoms with E-state index in [1.165, 1.54) is 9.80 Å². The molecule has 6 rings (SSSR count). The number of hydrogen-bond acceptors (Lipinski definition) is 8. The van der Waals surface area contributed by atoms with Gasteiger partial charge in [-0.2, -0.15) is 0 Å². The molecule has 0 aromatic heterocycles. The van der Waals surface area contributed by atoms with Gasteiger partial charge in [-0.25, -0.2) is 9.59 Å². The molecule has 2 aliphatic heterocycles. The van der Waals surface area contributed by atoms with Crippen LogP contribution in [0, 0.1) is 0 Å². The zero-order valence-corrected chi connectivity index (χ0v) is 32.5. The average molecular weight is 789 g/mol. The van der Waals surface area contributed by atoms with Gasteiger partial charge < -0.3 is 40.5 Å². The van der Waals surface area contributed by atoms with Crippen LogP contribution in [0.25, 0.3) is 11.1 Å². The van der Waals surface area contributed by atoms with Crippen molar-refractivity contribution in [3.63, 3.8) is 0 Å². The molecular formula is C44H48N6O8. The van der Waals surface area contributed by atoms with E-state index in [1.54, 1.807) is 86.6 Å². The highest BCUT2D eigenvalue weighted by atomic mass is 16.6. The second-order valence-corrected chi connectivity index (χ2v) is 13.9. The molecule has 0 aliphatic carbocycles. The van der Waals surface area contributed by atoms with E-state index in [2.05, 4.69) is 21.3 Å². The third-order valence-electron chi connectivity index (χ3n) is 10.2. The highest BCUT2D eigenvalue weighted by Gasteiger charge is 2.40. The van der Waals surface area contributed by atoms with Crippen LogP contribution < -0.4 is 21.3 Å². The largest absolute Gasteiger partial charge is 0.450 e. The van der Waals surface area contributed by atoms with Gasteiger partial charge in [0.2, 0.25) is 11.8 Å². The van der Waals surface area contributed by atoms with Crippen molar-refractivity contribution in [1.82, 2.24) is 20.4 Å². The molecule has 0 saturated carbocycles. The van der Waals surface area contributed by atoms with Crippen LogP contribution in [0.15, 0.2) is 109 Å². The number of benzene rings is 4. The normalized spacial score (nSPS) is 17.1. The van der Waals surface area contributed by atoms with E-state index < -0.39 is 36.4 Å². The number of alkyl carbamates (subject to hydrolysis) is 2. The van der Waals surface area contributed by atoms with Gasteiger partial charge in [-0.05, 0) is 86.1 Å². The number of amides is 6. The Morgan fingerprint density at radius 3 is 1.26 bits per heavy atom. The summed E-state index contributed by atoms with van der Waals surface area (Å²) in [5.74, 6) is -1.42. The van der Waals surface area contributed by atoms with E-state index in [0.717, 1.165) is 11.1 Å². The van der Waals surface area contributed by atoms with Gasteiger partial charge in [0, 0.05) is 24.5 Å². The molecule has 4 aromatic rings. The Morgan fingerprint density at radius 1 is 0.552 bits per heavy atom. The van der Waals surface area contributed by atoms with Crippen molar-refractivity contribution in [2.24, 2.45) is 0 Å². The number of anilines is 2. The van der Waals surface area contributed by atoms with Crippen LogP contribution in [0.4, 0.5) is 21.0 Å². The van der Waals surface area contributed by atoms with Crippen molar-refractivity contribution in [2.75, 3.05) is 36.9 Å². The first-order valence-corrected chi connectivity index (χ1v) is 19.6. The average Bonchev–Trinajstić information content (AvgIpc) is 3.95. The zero-order chi connectivity index (χ0) is 41.0. The van der Waals surface area contributed by atoms with E-state index in [0.29, 0.717) is 61.3 Å². The van der Waals surface area contributed by atoms with Crippen molar-refractivity contribution in [1.29, 1.82) is 0 Å². The minimum absolute atomic E-state index is 0.152. The van der Waals surface area contributed by atoms with Gasteiger partial charge in [0.1, 0.15) is 24.2 Å². The third kappa shape index (κ3) is 9.99. The molecule has 4 N–H and O–H groups in total. The van der Waals surface area contributed by atoms with Crippen LogP contribution in [-0.4, -0.2) is 84.0 Å². The summed E-state index contributed by atoms with van der Waals surface area (Å²) in [7, 11) is 0. The van der Waals surface area contributed by atoms with Crippen LogP contribution >= 0.6 is 0 Å². The smallest absolute Gasteiger partial charge is 0.408 e. The lowest BCUT2D eigenvalue weighted by atomic mass is 10.0. The van der Waals surface area contributed by atoms with Crippen molar-refractivity contribution in [3.05, 3.63) is 120 Å². The van der Waals surface area contributed by atoms with Crippen molar-refractivity contribution in [2.45, 2.75) is 63.7 Å².